The normalized spacial score (nSPS) is 10.1. The maximum atomic E-state index is 13.1. The number of carbonyl (C=O) groups excluding carboxylic acids is 1. The molecule has 0 unspecified atom stereocenters. The number of anilines is 1. The molecule has 2 rings (SSSR count). The number of nitrogens with zero attached hydrogens (tertiary/aromatic N) is 3. The minimum absolute atomic E-state index is 0.120. The van der Waals surface area contributed by atoms with Crippen molar-refractivity contribution >= 4 is 33.1 Å². The van der Waals surface area contributed by atoms with Crippen molar-refractivity contribution in [2.24, 2.45) is 0 Å². The SMILES string of the molecule is O=C(Nc1ncc([N+](=O)[O-])s1)c1cc(F)ccc1[N+](=O)[O-]. The molecule has 0 aliphatic heterocycles. The number of benzene rings is 1. The number of hydrogen-bond donors (Lipinski definition) is 1. The van der Waals surface area contributed by atoms with Gasteiger partial charge in [0, 0.05) is 6.07 Å². The highest BCUT2D eigenvalue weighted by molar-refractivity contribution is 7.18. The van der Waals surface area contributed by atoms with E-state index in [1.807, 2.05) is 0 Å². The largest absolute Gasteiger partial charge is 0.345 e. The van der Waals surface area contributed by atoms with Gasteiger partial charge in [0.25, 0.3) is 11.6 Å². The molecule has 21 heavy (non-hydrogen) atoms. The van der Waals surface area contributed by atoms with Gasteiger partial charge in [-0.3, -0.25) is 30.3 Å². The highest BCUT2D eigenvalue weighted by atomic mass is 32.1. The van der Waals surface area contributed by atoms with Gasteiger partial charge in [-0.2, -0.15) is 0 Å². The van der Waals surface area contributed by atoms with Crippen LogP contribution in [0.3, 0.4) is 0 Å². The van der Waals surface area contributed by atoms with Crippen molar-refractivity contribution in [3.05, 3.63) is 56.0 Å². The number of halogens is 1. The Morgan fingerprint density at radius 2 is 2.00 bits per heavy atom. The molecule has 1 N–H and O–H groups in total. The van der Waals surface area contributed by atoms with E-state index in [1.165, 1.54) is 0 Å². The van der Waals surface area contributed by atoms with Gasteiger partial charge in [0.1, 0.15) is 17.6 Å². The Morgan fingerprint density at radius 1 is 1.29 bits per heavy atom. The van der Waals surface area contributed by atoms with Crippen molar-refractivity contribution in [3.63, 3.8) is 0 Å². The van der Waals surface area contributed by atoms with Crippen LogP contribution in [0.5, 0.6) is 0 Å². The maximum Gasteiger partial charge on any atom is 0.345 e. The lowest BCUT2D eigenvalue weighted by atomic mass is 10.1. The zero-order valence-corrected chi connectivity index (χ0v) is 10.8. The smallest absolute Gasteiger partial charge is 0.297 e. The fourth-order valence-corrected chi connectivity index (χ4v) is 2.05. The summed E-state index contributed by atoms with van der Waals surface area (Å²) < 4.78 is 13.1. The number of rotatable bonds is 4. The van der Waals surface area contributed by atoms with Gasteiger partial charge in [0.15, 0.2) is 5.13 Å². The molecule has 1 heterocycles. The van der Waals surface area contributed by atoms with E-state index in [9.17, 15) is 29.4 Å². The summed E-state index contributed by atoms with van der Waals surface area (Å²) in [6, 6.07) is 2.41. The van der Waals surface area contributed by atoms with Crippen molar-refractivity contribution in [2.45, 2.75) is 0 Å². The van der Waals surface area contributed by atoms with E-state index in [-0.39, 0.29) is 10.1 Å². The first-order valence-electron chi connectivity index (χ1n) is 5.24. The molecule has 1 aromatic carbocycles. The molecule has 1 aromatic heterocycles. The van der Waals surface area contributed by atoms with Crippen LogP contribution in [0.1, 0.15) is 10.4 Å². The van der Waals surface area contributed by atoms with Gasteiger partial charge in [-0.05, 0) is 23.5 Å². The van der Waals surface area contributed by atoms with Crippen molar-refractivity contribution in [3.8, 4) is 0 Å². The monoisotopic (exact) mass is 312 g/mol. The summed E-state index contributed by atoms with van der Waals surface area (Å²) in [5, 5.41) is 23.0. The maximum absolute atomic E-state index is 13.1. The number of thiazole rings is 1. The molecule has 0 saturated heterocycles. The minimum Gasteiger partial charge on any atom is -0.297 e. The first kappa shape index (κ1) is 14.5. The predicted octanol–water partition coefficient (Wildman–Crippen LogP) is 2.35. The summed E-state index contributed by atoms with van der Waals surface area (Å²) in [6.45, 7) is 0. The summed E-state index contributed by atoms with van der Waals surface area (Å²) in [4.78, 5) is 35.2. The van der Waals surface area contributed by atoms with Crippen LogP contribution in [0.4, 0.5) is 20.2 Å². The molecule has 9 nitrogen and oxygen atoms in total. The molecular formula is C10H5FN4O5S. The highest BCUT2D eigenvalue weighted by Crippen LogP contribution is 2.26. The number of aromatic nitrogens is 1. The van der Waals surface area contributed by atoms with Crippen LogP contribution in [0, 0.1) is 26.0 Å². The van der Waals surface area contributed by atoms with Gasteiger partial charge < -0.3 is 0 Å². The van der Waals surface area contributed by atoms with Gasteiger partial charge in [0.2, 0.25) is 0 Å². The summed E-state index contributed by atoms with van der Waals surface area (Å²) in [5.41, 5.74) is -1.09. The third-order valence-electron chi connectivity index (χ3n) is 2.29. The lowest BCUT2D eigenvalue weighted by Crippen LogP contribution is -2.14. The van der Waals surface area contributed by atoms with E-state index in [4.69, 9.17) is 0 Å². The van der Waals surface area contributed by atoms with E-state index in [0.29, 0.717) is 17.4 Å². The van der Waals surface area contributed by atoms with Gasteiger partial charge in [0.05, 0.1) is 9.85 Å². The second-order valence-electron chi connectivity index (χ2n) is 3.63. The zero-order valence-electron chi connectivity index (χ0n) is 9.98. The Kier molecular flexibility index (Phi) is 3.84. The molecule has 0 radical (unpaired) electrons. The third-order valence-corrected chi connectivity index (χ3v) is 3.16. The Bertz CT molecular complexity index is 747. The molecule has 108 valence electrons. The Hall–Kier alpha value is -2.95. The fraction of sp³-hybridized carbons (Fsp3) is 0. The standard InChI is InChI=1S/C10H5FN4O5S/c11-5-1-2-7(14(17)18)6(3-5)9(16)13-10-12-4-8(21-10)15(19)20/h1-4H,(H,12,13,16). The molecule has 0 spiro atoms. The average Bonchev–Trinajstić information content (AvgIpc) is 2.86. The van der Waals surface area contributed by atoms with E-state index < -0.39 is 32.8 Å². The van der Waals surface area contributed by atoms with E-state index >= 15 is 0 Å². The highest BCUT2D eigenvalue weighted by Gasteiger charge is 2.22. The summed E-state index contributed by atoms with van der Waals surface area (Å²) in [6.07, 6.45) is 0.931. The van der Waals surface area contributed by atoms with Gasteiger partial charge >= 0.3 is 5.00 Å². The molecular weight excluding hydrogens is 307 g/mol. The molecule has 11 heteroatoms. The summed E-state index contributed by atoms with van der Waals surface area (Å²) in [5.74, 6) is -1.80. The number of nitro groups is 2. The fourth-order valence-electron chi connectivity index (χ4n) is 1.42. The molecule has 1 amide bonds. The van der Waals surface area contributed by atoms with Crippen LogP contribution in [0.25, 0.3) is 0 Å². The Balaban J connectivity index is 2.29. The molecule has 0 atom stereocenters. The third kappa shape index (κ3) is 3.14. The van der Waals surface area contributed by atoms with Crippen LogP contribution < -0.4 is 5.32 Å². The number of hydrogen-bond acceptors (Lipinski definition) is 7. The average molecular weight is 312 g/mol. The Morgan fingerprint density at radius 3 is 2.57 bits per heavy atom. The van der Waals surface area contributed by atoms with Crippen molar-refractivity contribution in [1.29, 1.82) is 0 Å². The topological polar surface area (TPSA) is 128 Å². The quantitative estimate of drug-likeness (QED) is 0.681. The van der Waals surface area contributed by atoms with Crippen LogP contribution in [-0.2, 0) is 0 Å². The molecule has 0 aliphatic rings. The van der Waals surface area contributed by atoms with Crippen molar-refractivity contribution < 1.29 is 19.0 Å². The minimum atomic E-state index is -0.981. The van der Waals surface area contributed by atoms with Crippen LogP contribution in [0.15, 0.2) is 24.4 Å². The number of nitro benzene ring substituents is 1. The van der Waals surface area contributed by atoms with Crippen molar-refractivity contribution in [1.82, 2.24) is 4.98 Å². The number of carbonyl (C=O) groups is 1. The second kappa shape index (κ2) is 5.58. The molecule has 0 bridgehead atoms. The van der Waals surface area contributed by atoms with Crippen LogP contribution >= 0.6 is 11.3 Å². The van der Waals surface area contributed by atoms with Gasteiger partial charge in [-0.25, -0.2) is 9.37 Å². The van der Waals surface area contributed by atoms with Gasteiger partial charge in [-0.1, -0.05) is 0 Å². The Labute approximate surface area is 119 Å². The molecule has 0 saturated carbocycles. The first-order chi connectivity index (χ1) is 9.88. The van der Waals surface area contributed by atoms with Crippen LogP contribution in [-0.4, -0.2) is 20.7 Å². The lowest BCUT2D eigenvalue weighted by molar-refractivity contribution is -0.385. The second-order valence-corrected chi connectivity index (χ2v) is 4.64. The van der Waals surface area contributed by atoms with E-state index in [1.54, 1.807) is 0 Å². The predicted molar refractivity (Wildman–Crippen MR) is 69.8 cm³/mol. The van der Waals surface area contributed by atoms with Crippen LogP contribution in [0.2, 0.25) is 0 Å². The summed E-state index contributed by atoms with van der Waals surface area (Å²) in [7, 11) is 0. The van der Waals surface area contributed by atoms with E-state index in [0.717, 1.165) is 18.3 Å². The van der Waals surface area contributed by atoms with Crippen molar-refractivity contribution in [2.75, 3.05) is 5.32 Å². The number of nitrogens with one attached hydrogen (secondary N) is 1. The molecule has 0 fully saturated rings. The molecule has 0 aliphatic carbocycles. The summed E-state index contributed by atoms with van der Waals surface area (Å²) >= 11 is 0.577. The number of amides is 1. The molecule has 2 aromatic rings. The zero-order chi connectivity index (χ0) is 15.6. The van der Waals surface area contributed by atoms with Gasteiger partial charge in [-0.15, -0.1) is 0 Å². The first-order valence-corrected chi connectivity index (χ1v) is 6.05. The lowest BCUT2D eigenvalue weighted by Gasteiger charge is -2.02. The van der Waals surface area contributed by atoms with E-state index in [2.05, 4.69) is 10.3 Å².